The first-order valence-electron chi connectivity index (χ1n) is 8.08. The fourth-order valence-corrected chi connectivity index (χ4v) is 2.55. The fourth-order valence-electron chi connectivity index (χ4n) is 2.55. The lowest BCUT2D eigenvalue weighted by molar-refractivity contribution is -0.130. The molecule has 1 unspecified atom stereocenters. The second kappa shape index (κ2) is 9.05. The maximum atomic E-state index is 12.6. The average Bonchev–Trinajstić information content (AvgIpc) is 2.66. The molecule has 2 rings (SSSR count). The van der Waals surface area contributed by atoms with E-state index in [4.69, 9.17) is 10.5 Å². The van der Waals surface area contributed by atoms with E-state index in [1.54, 1.807) is 19.2 Å². The van der Waals surface area contributed by atoms with Crippen molar-refractivity contribution < 1.29 is 14.3 Å². The van der Waals surface area contributed by atoms with Gasteiger partial charge in [-0.1, -0.05) is 42.5 Å². The number of amides is 2. The molecular formula is C19H18N4O3. The molecule has 132 valence electrons. The van der Waals surface area contributed by atoms with Crippen LogP contribution in [0.5, 0.6) is 0 Å². The third-order valence-corrected chi connectivity index (χ3v) is 3.81. The molecule has 0 aliphatic carbocycles. The van der Waals surface area contributed by atoms with Gasteiger partial charge in [0.05, 0.1) is 0 Å². The van der Waals surface area contributed by atoms with Crippen molar-refractivity contribution in [1.29, 1.82) is 10.5 Å². The Morgan fingerprint density at radius 1 is 1.19 bits per heavy atom. The van der Waals surface area contributed by atoms with E-state index in [9.17, 15) is 9.59 Å². The highest BCUT2D eigenvalue weighted by Gasteiger charge is 2.26. The highest BCUT2D eigenvalue weighted by Crippen LogP contribution is 2.17. The molecule has 0 radical (unpaired) electrons. The zero-order chi connectivity index (χ0) is 18.9. The van der Waals surface area contributed by atoms with E-state index in [1.165, 1.54) is 0 Å². The lowest BCUT2D eigenvalue weighted by Crippen LogP contribution is -2.48. The van der Waals surface area contributed by atoms with Crippen LogP contribution in [0.25, 0.3) is 10.8 Å². The van der Waals surface area contributed by atoms with Crippen LogP contribution in [0.4, 0.5) is 4.79 Å². The van der Waals surface area contributed by atoms with Crippen molar-refractivity contribution >= 4 is 22.8 Å². The maximum absolute atomic E-state index is 12.6. The van der Waals surface area contributed by atoms with Gasteiger partial charge >= 0.3 is 6.09 Å². The van der Waals surface area contributed by atoms with Gasteiger partial charge in [-0.25, -0.2) is 9.69 Å². The summed E-state index contributed by atoms with van der Waals surface area (Å²) in [6.45, 7) is 1.44. The Kier molecular flexibility index (Phi) is 6.53. The van der Waals surface area contributed by atoms with Crippen molar-refractivity contribution in [3.63, 3.8) is 0 Å². The lowest BCUT2D eigenvalue weighted by atomic mass is 10.0. The monoisotopic (exact) mass is 350 g/mol. The fraction of sp³-hybridized carbons (Fsp3) is 0.263. The summed E-state index contributed by atoms with van der Waals surface area (Å²) in [5.74, 6) is -0.530. The molecule has 0 saturated carbocycles. The number of hydrogen-bond donors (Lipinski definition) is 1. The van der Waals surface area contributed by atoms with Gasteiger partial charge in [0, 0.05) is 13.0 Å². The van der Waals surface area contributed by atoms with Gasteiger partial charge in [-0.15, -0.1) is 0 Å². The third kappa shape index (κ3) is 4.71. The van der Waals surface area contributed by atoms with Crippen molar-refractivity contribution in [2.45, 2.75) is 19.4 Å². The first kappa shape index (κ1) is 18.8. The van der Waals surface area contributed by atoms with Crippen molar-refractivity contribution in [1.82, 2.24) is 10.2 Å². The lowest BCUT2D eigenvalue weighted by Gasteiger charge is -2.21. The number of ether oxygens (including phenoxy) is 1. The van der Waals surface area contributed by atoms with Gasteiger partial charge in [-0.3, -0.25) is 4.79 Å². The quantitative estimate of drug-likeness (QED) is 0.636. The summed E-state index contributed by atoms with van der Waals surface area (Å²) in [6, 6.07) is 14.2. The van der Waals surface area contributed by atoms with Crippen LogP contribution in [0.1, 0.15) is 12.5 Å². The van der Waals surface area contributed by atoms with E-state index in [0.29, 0.717) is 0 Å². The van der Waals surface area contributed by atoms with Gasteiger partial charge in [0.1, 0.15) is 12.1 Å². The number of likely N-dealkylation sites (N-methyl/N-ethyl adjacent to an activating group) is 1. The number of fused-ring (bicyclic) bond motifs is 1. The largest absolute Gasteiger partial charge is 0.434 e. The molecule has 0 aliphatic heterocycles. The van der Waals surface area contributed by atoms with Crippen LogP contribution in [0, 0.1) is 22.8 Å². The zero-order valence-corrected chi connectivity index (χ0v) is 14.3. The minimum Gasteiger partial charge on any atom is -0.434 e. The van der Waals surface area contributed by atoms with Crippen molar-refractivity contribution in [2.75, 3.05) is 13.2 Å². The Balaban J connectivity index is 2.23. The normalized spacial score (nSPS) is 11.0. The molecule has 0 aliphatic rings. The van der Waals surface area contributed by atoms with E-state index in [2.05, 4.69) is 10.1 Å². The van der Waals surface area contributed by atoms with Gasteiger partial charge in [-0.05, 0) is 23.3 Å². The Hall–Kier alpha value is -3.58. The van der Waals surface area contributed by atoms with E-state index in [0.717, 1.165) is 21.2 Å². The van der Waals surface area contributed by atoms with Crippen LogP contribution in [0.3, 0.4) is 0 Å². The zero-order valence-electron chi connectivity index (χ0n) is 14.3. The van der Waals surface area contributed by atoms with Crippen LogP contribution in [0.15, 0.2) is 42.5 Å². The molecule has 26 heavy (non-hydrogen) atoms. The van der Waals surface area contributed by atoms with E-state index < -0.39 is 24.6 Å². The Labute approximate surface area is 151 Å². The summed E-state index contributed by atoms with van der Waals surface area (Å²) in [4.78, 5) is 25.3. The second-order valence-electron chi connectivity index (χ2n) is 5.50. The molecular weight excluding hydrogens is 332 g/mol. The Bertz CT molecular complexity index is 882. The minimum absolute atomic E-state index is 0.193. The third-order valence-electron chi connectivity index (χ3n) is 3.81. The molecule has 0 fully saturated rings. The van der Waals surface area contributed by atoms with Crippen molar-refractivity contribution in [2.24, 2.45) is 0 Å². The van der Waals surface area contributed by atoms with Crippen molar-refractivity contribution in [3.8, 4) is 12.3 Å². The standard InChI is InChI=1S/C19H18N4O3/c1-2-23(13-21)18(24)17(22-19(25)26-10-9-20)12-14-7-8-15-5-3-4-6-16(15)11-14/h3-8,11,17H,2,10,12H2,1H3,(H,22,25). The number of carbonyl (C=O) groups is 2. The van der Waals surface area contributed by atoms with Crippen LogP contribution in [-0.2, 0) is 16.0 Å². The smallest absolute Gasteiger partial charge is 0.408 e. The van der Waals surface area contributed by atoms with Crippen molar-refractivity contribution in [3.05, 3.63) is 48.0 Å². The molecule has 1 N–H and O–H groups in total. The SMILES string of the molecule is CCN(C#N)C(=O)C(Cc1ccc2ccccc2c1)NC(=O)OCC#N. The van der Waals surface area contributed by atoms with E-state index in [1.807, 2.05) is 42.5 Å². The van der Waals surface area contributed by atoms with Gasteiger partial charge in [0.15, 0.2) is 12.8 Å². The van der Waals surface area contributed by atoms with E-state index in [-0.39, 0.29) is 13.0 Å². The van der Waals surface area contributed by atoms with Gasteiger partial charge < -0.3 is 10.1 Å². The first-order chi connectivity index (χ1) is 12.6. The molecule has 2 amide bonds. The number of nitriles is 2. The van der Waals surface area contributed by atoms with Crippen LogP contribution < -0.4 is 5.32 Å². The highest BCUT2D eigenvalue weighted by molar-refractivity contribution is 5.87. The van der Waals surface area contributed by atoms with Gasteiger partial charge in [0.2, 0.25) is 0 Å². The molecule has 7 nitrogen and oxygen atoms in total. The van der Waals surface area contributed by atoms with Crippen LogP contribution >= 0.6 is 0 Å². The Morgan fingerprint density at radius 2 is 1.92 bits per heavy atom. The Morgan fingerprint density at radius 3 is 2.58 bits per heavy atom. The predicted molar refractivity (Wildman–Crippen MR) is 94.5 cm³/mol. The summed E-state index contributed by atoms with van der Waals surface area (Å²) < 4.78 is 4.66. The van der Waals surface area contributed by atoms with Gasteiger partial charge in [0.25, 0.3) is 5.91 Å². The predicted octanol–water partition coefficient (Wildman–Crippen LogP) is 2.33. The summed E-state index contributed by atoms with van der Waals surface area (Å²) in [7, 11) is 0. The maximum Gasteiger partial charge on any atom is 0.408 e. The van der Waals surface area contributed by atoms with Crippen LogP contribution in [-0.4, -0.2) is 36.1 Å². The first-order valence-corrected chi connectivity index (χ1v) is 8.08. The number of nitrogens with zero attached hydrogens (tertiary/aromatic N) is 3. The second-order valence-corrected chi connectivity index (χ2v) is 5.50. The number of alkyl carbamates (subject to hydrolysis) is 1. The van der Waals surface area contributed by atoms with E-state index >= 15 is 0 Å². The van der Waals surface area contributed by atoms with Crippen LogP contribution in [0.2, 0.25) is 0 Å². The molecule has 0 heterocycles. The molecule has 0 aromatic heterocycles. The molecule has 0 saturated heterocycles. The summed E-state index contributed by atoms with van der Waals surface area (Å²) in [6.07, 6.45) is 1.13. The number of hydrogen-bond acceptors (Lipinski definition) is 5. The van der Waals surface area contributed by atoms with Gasteiger partial charge in [-0.2, -0.15) is 10.5 Å². The average molecular weight is 350 g/mol. The molecule has 1 atom stereocenters. The number of benzene rings is 2. The number of rotatable bonds is 6. The molecule has 2 aromatic carbocycles. The summed E-state index contributed by atoms with van der Waals surface area (Å²) in [5, 5.41) is 22.1. The summed E-state index contributed by atoms with van der Waals surface area (Å²) >= 11 is 0. The highest BCUT2D eigenvalue weighted by atomic mass is 16.5. The molecule has 7 heteroatoms. The molecule has 0 bridgehead atoms. The summed E-state index contributed by atoms with van der Waals surface area (Å²) in [5.41, 5.74) is 0.830. The topological polar surface area (TPSA) is 106 Å². The molecule has 0 spiro atoms. The number of nitrogens with one attached hydrogen (secondary N) is 1. The molecule has 2 aromatic rings. The minimum atomic E-state index is -0.970. The number of carbonyl (C=O) groups excluding carboxylic acids is 2.